The molecule has 2 heterocycles. The van der Waals surface area contributed by atoms with Gasteiger partial charge in [-0.05, 0) is 52.3 Å². The largest absolute Gasteiger partial charge is 0.466 e. The lowest BCUT2D eigenvalue weighted by molar-refractivity contribution is -0.143. The van der Waals surface area contributed by atoms with E-state index >= 15 is 0 Å². The Morgan fingerprint density at radius 3 is 2.21 bits per heavy atom. The molecule has 0 radical (unpaired) electrons. The number of rotatable bonds is 6. The maximum Gasteiger partial charge on any atom is 0.466 e. The van der Waals surface area contributed by atoms with Crippen molar-refractivity contribution < 1.29 is 23.6 Å². The SMILES string of the molecule is CCOC(=O)CC(B1OC(C)(C)C(C)(C)O1)c1ccc(N2CCOCC2)cc1. The van der Waals surface area contributed by atoms with Crippen LogP contribution in [0.15, 0.2) is 24.3 Å². The van der Waals surface area contributed by atoms with Gasteiger partial charge in [0.15, 0.2) is 0 Å². The van der Waals surface area contributed by atoms with Gasteiger partial charge in [-0.2, -0.15) is 0 Å². The number of esters is 1. The van der Waals surface area contributed by atoms with Crippen molar-refractivity contribution in [2.75, 3.05) is 37.8 Å². The molecule has 2 saturated heterocycles. The molecule has 1 aromatic carbocycles. The van der Waals surface area contributed by atoms with E-state index in [1.807, 2.05) is 34.6 Å². The molecule has 1 aromatic rings. The van der Waals surface area contributed by atoms with Gasteiger partial charge in [0.25, 0.3) is 0 Å². The molecule has 0 aromatic heterocycles. The second-order valence-electron chi connectivity index (χ2n) is 8.43. The highest BCUT2D eigenvalue weighted by Gasteiger charge is 2.54. The lowest BCUT2D eigenvalue weighted by Gasteiger charge is -2.32. The molecule has 2 aliphatic rings. The van der Waals surface area contributed by atoms with E-state index in [4.69, 9.17) is 18.8 Å². The normalized spacial score (nSPS) is 22.2. The number of benzene rings is 1. The summed E-state index contributed by atoms with van der Waals surface area (Å²) in [6.07, 6.45) is 0.224. The number of carbonyl (C=O) groups excluding carboxylic acids is 1. The van der Waals surface area contributed by atoms with Crippen molar-refractivity contribution in [3.8, 4) is 0 Å². The fourth-order valence-corrected chi connectivity index (χ4v) is 3.58. The van der Waals surface area contributed by atoms with Gasteiger partial charge in [0.2, 0.25) is 0 Å². The maximum absolute atomic E-state index is 12.3. The molecular weight excluding hydrogens is 357 g/mol. The molecule has 28 heavy (non-hydrogen) atoms. The van der Waals surface area contributed by atoms with Crippen LogP contribution in [0.2, 0.25) is 0 Å². The molecule has 1 unspecified atom stereocenters. The Kier molecular flexibility index (Phi) is 6.37. The summed E-state index contributed by atoms with van der Waals surface area (Å²) in [5, 5.41) is 0. The Hall–Kier alpha value is -1.57. The van der Waals surface area contributed by atoms with Crippen LogP contribution in [0.3, 0.4) is 0 Å². The molecule has 2 aliphatic heterocycles. The third-order valence-electron chi connectivity index (χ3n) is 5.99. The summed E-state index contributed by atoms with van der Waals surface area (Å²) >= 11 is 0. The van der Waals surface area contributed by atoms with Crippen LogP contribution in [0.25, 0.3) is 0 Å². The zero-order valence-electron chi connectivity index (χ0n) is 17.7. The molecular formula is C21H32BNO5. The average molecular weight is 389 g/mol. The second kappa shape index (κ2) is 8.43. The Morgan fingerprint density at radius 1 is 1.11 bits per heavy atom. The van der Waals surface area contributed by atoms with E-state index in [-0.39, 0.29) is 18.2 Å². The number of hydrogen-bond acceptors (Lipinski definition) is 6. The first kappa shape index (κ1) is 21.2. The first-order valence-corrected chi connectivity index (χ1v) is 10.2. The van der Waals surface area contributed by atoms with Crippen LogP contribution >= 0.6 is 0 Å². The highest BCUT2D eigenvalue weighted by molar-refractivity contribution is 6.48. The lowest BCUT2D eigenvalue weighted by Crippen LogP contribution is -2.41. The number of anilines is 1. The quantitative estimate of drug-likeness (QED) is 0.550. The molecule has 2 fully saturated rings. The van der Waals surface area contributed by atoms with Crippen molar-refractivity contribution in [1.29, 1.82) is 0 Å². The molecule has 0 N–H and O–H groups in total. The fraction of sp³-hybridized carbons (Fsp3) is 0.667. The van der Waals surface area contributed by atoms with E-state index < -0.39 is 18.3 Å². The molecule has 0 spiro atoms. The summed E-state index contributed by atoms with van der Waals surface area (Å²) in [5.41, 5.74) is 1.29. The van der Waals surface area contributed by atoms with E-state index in [2.05, 4.69) is 29.2 Å². The van der Waals surface area contributed by atoms with E-state index in [1.165, 1.54) is 0 Å². The van der Waals surface area contributed by atoms with Gasteiger partial charge < -0.3 is 23.7 Å². The van der Waals surface area contributed by atoms with Gasteiger partial charge in [0.05, 0.1) is 37.4 Å². The highest BCUT2D eigenvalue weighted by Crippen LogP contribution is 2.42. The van der Waals surface area contributed by atoms with Crippen molar-refractivity contribution in [1.82, 2.24) is 0 Å². The molecule has 154 valence electrons. The van der Waals surface area contributed by atoms with Crippen LogP contribution < -0.4 is 4.90 Å². The molecule has 6 nitrogen and oxygen atoms in total. The molecule has 0 bridgehead atoms. The minimum atomic E-state index is -0.497. The van der Waals surface area contributed by atoms with E-state index in [9.17, 15) is 4.79 Å². The molecule has 1 atom stereocenters. The van der Waals surface area contributed by atoms with Gasteiger partial charge in [-0.15, -0.1) is 0 Å². The summed E-state index contributed by atoms with van der Waals surface area (Å²) in [5.74, 6) is -0.460. The third-order valence-corrected chi connectivity index (χ3v) is 5.99. The first-order valence-electron chi connectivity index (χ1n) is 10.2. The molecule has 7 heteroatoms. The van der Waals surface area contributed by atoms with Crippen LogP contribution in [0.5, 0.6) is 0 Å². The van der Waals surface area contributed by atoms with Gasteiger partial charge in [0, 0.05) is 24.6 Å². The average Bonchev–Trinajstić information content (AvgIpc) is 2.88. The molecule has 0 aliphatic carbocycles. The summed E-state index contributed by atoms with van der Waals surface area (Å²) < 4.78 is 23.1. The third kappa shape index (κ3) is 4.53. The minimum absolute atomic E-state index is 0.223. The number of morpholine rings is 1. The van der Waals surface area contributed by atoms with Gasteiger partial charge in [-0.3, -0.25) is 4.79 Å². The Balaban J connectivity index is 1.81. The Bertz CT molecular complexity index is 654. The monoisotopic (exact) mass is 389 g/mol. The van der Waals surface area contributed by atoms with Crippen molar-refractivity contribution >= 4 is 18.8 Å². The molecule has 0 amide bonds. The highest BCUT2D eigenvalue weighted by atomic mass is 16.7. The van der Waals surface area contributed by atoms with Crippen molar-refractivity contribution in [2.24, 2.45) is 0 Å². The van der Waals surface area contributed by atoms with Crippen LogP contribution in [-0.4, -0.2) is 57.2 Å². The minimum Gasteiger partial charge on any atom is -0.466 e. The van der Waals surface area contributed by atoms with E-state index in [0.717, 1.165) is 37.6 Å². The van der Waals surface area contributed by atoms with E-state index in [1.54, 1.807) is 0 Å². The smallest absolute Gasteiger partial charge is 0.466 e. The van der Waals surface area contributed by atoms with Crippen LogP contribution in [-0.2, 0) is 23.6 Å². The summed E-state index contributed by atoms with van der Waals surface area (Å²) in [6, 6.07) is 8.34. The number of hydrogen-bond donors (Lipinski definition) is 0. The van der Waals surface area contributed by atoms with Crippen LogP contribution in [0.4, 0.5) is 5.69 Å². The lowest BCUT2D eigenvalue weighted by atomic mass is 9.66. The second-order valence-corrected chi connectivity index (χ2v) is 8.43. The molecule has 0 saturated carbocycles. The Labute approximate surface area is 168 Å². The zero-order valence-corrected chi connectivity index (χ0v) is 17.7. The maximum atomic E-state index is 12.3. The van der Waals surface area contributed by atoms with Crippen LogP contribution in [0.1, 0.15) is 52.4 Å². The van der Waals surface area contributed by atoms with Crippen molar-refractivity contribution in [3.63, 3.8) is 0 Å². The first-order chi connectivity index (χ1) is 13.2. The Morgan fingerprint density at radius 2 is 1.68 bits per heavy atom. The standard InChI is InChI=1S/C21H32BNO5/c1-6-26-19(24)15-18(22-27-20(2,3)21(4,5)28-22)16-7-9-17(10-8-16)23-11-13-25-14-12-23/h7-10,18H,6,11-15H2,1-5H3. The van der Waals surface area contributed by atoms with Gasteiger partial charge >= 0.3 is 13.1 Å². The summed E-state index contributed by atoms with van der Waals surface area (Å²) in [6.45, 7) is 13.6. The van der Waals surface area contributed by atoms with E-state index in [0.29, 0.717) is 6.61 Å². The predicted octanol–water partition coefficient (Wildman–Crippen LogP) is 3.19. The topological polar surface area (TPSA) is 57.2 Å². The number of ether oxygens (including phenoxy) is 2. The number of carbonyl (C=O) groups is 1. The zero-order chi connectivity index (χ0) is 20.4. The fourth-order valence-electron chi connectivity index (χ4n) is 3.58. The van der Waals surface area contributed by atoms with Crippen molar-refractivity contribution in [3.05, 3.63) is 29.8 Å². The number of nitrogens with zero attached hydrogens (tertiary/aromatic N) is 1. The summed E-state index contributed by atoms with van der Waals surface area (Å²) in [4.78, 5) is 14.6. The van der Waals surface area contributed by atoms with Crippen LogP contribution in [0, 0.1) is 0 Å². The molecule has 3 rings (SSSR count). The van der Waals surface area contributed by atoms with Gasteiger partial charge in [-0.1, -0.05) is 12.1 Å². The van der Waals surface area contributed by atoms with Gasteiger partial charge in [0.1, 0.15) is 0 Å². The predicted molar refractivity (Wildman–Crippen MR) is 110 cm³/mol. The summed E-state index contributed by atoms with van der Waals surface area (Å²) in [7, 11) is -0.497. The van der Waals surface area contributed by atoms with Crippen molar-refractivity contribution in [2.45, 2.75) is 58.1 Å². The van der Waals surface area contributed by atoms with Gasteiger partial charge in [-0.25, -0.2) is 0 Å².